The predicted octanol–water partition coefficient (Wildman–Crippen LogP) is -1.52. The zero-order valence-corrected chi connectivity index (χ0v) is 6.21. The number of carboxylic acids is 1. The van der Waals surface area contributed by atoms with Crippen LogP contribution in [-0.4, -0.2) is 44.2 Å². The van der Waals surface area contributed by atoms with Gasteiger partial charge in [-0.2, -0.15) is 0 Å². The van der Waals surface area contributed by atoms with Crippen LogP contribution < -0.4 is 0 Å². The van der Waals surface area contributed by atoms with Crippen LogP contribution in [0.3, 0.4) is 0 Å². The second-order valence-corrected chi connectivity index (χ2v) is 2.85. The minimum Gasteiger partial charge on any atom is -0.479 e. The van der Waals surface area contributed by atoms with Crippen LogP contribution in [0, 0.1) is 0 Å². The van der Waals surface area contributed by atoms with Crippen LogP contribution in [0.15, 0.2) is 12.2 Å². The highest BCUT2D eigenvalue weighted by atomic mass is 16.4. The van der Waals surface area contributed by atoms with Crippen LogP contribution >= 0.6 is 0 Å². The van der Waals surface area contributed by atoms with E-state index in [2.05, 4.69) is 0 Å². The number of carboxylic acid groups (broad SMARTS) is 1. The van der Waals surface area contributed by atoms with E-state index >= 15 is 0 Å². The van der Waals surface area contributed by atoms with Gasteiger partial charge in [0.25, 0.3) is 0 Å². The largest absolute Gasteiger partial charge is 0.479 e. The van der Waals surface area contributed by atoms with E-state index in [1.165, 1.54) is 0 Å². The Bertz CT molecular complexity index is 224. The van der Waals surface area contributed by atoms with E-state index in [9.17, 15) is 9.90 Å². The summed E-state index contributed by atoms with van der Waals surface area (Å²) in [6, 6.07) is 0. The van der Waals surface area contributed by atoms with Crippen molar-refractivity contribution in [2.24, 2.45) is 0 Å². The van der Waals surface area contributed by atoms with Crippen LogP contribution in [0.25, 0.3) is 0 Å². The molecule has 0 aromatic carbocycles. The molecular weight excluding hydrogens is 164 g/mol. The zero-order valence-electron chi connectivity index (χ0n) is 6.21. The Hall–Kier alpha value is -0.910. The van der Waals surface area contributed by atoms with E-state index in [0.717, 1.165) is 12.2 Å². The highest BCUT2D eigenvalue weighted by molar-refractivity contribution is 5.80. The summed E-state index contributed by atoms with van der Waals surface area (Å²) in [6.45, 7) is 0. The predicted molar refractivity (Wildman–Crippen MR) is 38.4 cm³/mol. The van der Waals surface area contributed by atoms with E-state index < -0.39 is 23.8 Å². The standard InChI is InChI=1S/C7H10O5/c8-4-1-2-7(12,6(10)11)3-5(4)9/h1-2,4-5,8-9,12H,3H2,(H,10,11)/t4-,5-,7-/m1/s1. The molecule has 5 heteroatoms. The molecule has 0 aromatic rings. The van der Waals surface area contributed by atoms with Crippen molar-refractivity contribution in [1.82, 2.24) is 0 Å². The molecule has 5 nitrogen and oxygen atoms in total. The quantitative estimate of drug-likeness (QED) is 0.362. The minimum atomic E-state index is -2.04. The Morgan fingerprint density at radius 1 is 1.50 bits per heavy atom. The summed E-state index contributed by atoms with van der Waals surface area (Å²) in [6.07, 6.45) is -0.657. The molecule has 0 spiro atoms. The molecule has 4 N–H and O–H groups in total. The number of carbonyl (C=O) groups is 1. The third kappa shape index (κ3) is 1.47. The molecule has 0 amide bonds. The first-order valence-electron chi connectivity index (χ1n) is 3.47. The molecule has 0 unspecified atom stereocenters. The minimum absolute atomic E-state index is 0.389. The Morgan fingerprint density at radius 2 is 2.08 bits per heavy atom. The SMILES string of the molecule is O=C(O)[C@@]1(O)C=C[C@@H](O)[C@H](O)C1. The lowest BCUT2D eigenvalue weighted by atomic mass is 9.88. The summed E-state index contributed by atoms with van der Waals surface area (Å²) in [4.78, 5) is 10.4. The van der Waals surface area contributed by atoms with Crippen molar-refractivity contribution in [3.8, 4) is 0 Å². The second-order valence-electron chi connectivity index (χ2n) is 2.85. The fraction of sp³-hybridized carbons (Fsp3) is 0.571. The van der Waals surface area contributed by atoms with Crippen molar-refractivity contribution in [3.05, 3.63) is 12.2 Å². The molecule has 0 aliphatic heterocycles. The fourth-order valence-corrected chi connectivity index (χ4v) is 1.05. The van der Waals surface area contributed by atoms with Gasteiger partial charge in [0, 0.05) is 6.42 Å². The van der Waals surface area contributed by atoms with Crippen LogP contribution in [0.4, 0.5) is 0 Å². The second kappa shape index (κ2) is 2.85. The molecule has 68 valence electrons. The van der Waals surface area contributed by atoms with Crippen LogP contribution in [-0.2, 0) is 4.79 Å². The summed E-state index contributed by atoms with van der Waals surface area (Å²) in [5.41, 5.74) is -2.04. The first kappa shape index (κ1) is 9.18. The average Bonchev–Trinajstić information content (AvgIpc) is 1.97. The summed E-state index contributed by atoms with van der Waals surface area (Å²) in [7, 11) is 0. The number of rotatable bonds is 1. The highest BCUT2D eigenvalue weighted by Crippen LogP contribution is 2.22. The molecule has 1 rings (SSSR count). The maximum absolute atomic E-state index is 10.4. The van der Waals surface area contributed by atoms with Gasteiger partial charge in [0.2, 0.25) is 0 Å². The normalized spacial score (nSPS) is 41.2. The third-order valence-electron chi connectivity index (χ3n) is 1.85. The molecule has 0 aromatic heterocycles. The Labute approximate surface area is 68.6 Å². The van der Waals surface area contributed by atoms with Gasteiger partial charge in [-0.05, 0) is 6.08 Å². The van der Waals surface area contributed by atoms with Gasteiger partial charge in [-0.1, -0.05) is 6.08 Å². The number of aliphatic carboxylic acids is 1. The van der Waals surface area contributed by atoms with E-state index in [1.807, 2.05) is 0 Å². The van der Waals surface area contributed by atoms with Gasteiger partial charge in [0.15, 0.2) is 5.60 Å². The molecule has 0 bridgehead atoms. The average molecular weight is 174 g/mol. The smallest absolute Gasteiger partial charge is 0.339 e. The molecule has 12 heavy (non-hydrogen) atoms. The van der Waals surface area contributed by atoms with Crippen molar-refractivity contribution in [1.29, 1.82) is 0 Å². The van der Waals surface area contributed by atoms with Crippen molar-refractivity contribution in [2.45, 2.75) is 24.2 Å². The van der Waals surface area contributed by atoms with Gasteiger partial charge in [0.1, 0.15) is 0 Å². The summed E-state index contributed by atoms with van der Waals surface area (Å²) >= 11 is 0. The van der Waals surface area contributed by atoms with E-state index in [0.29, 0.717) is 0 Å². The van der Waals surface area contributed by atoms with Gasteiger partial charge >= 0.3 is 5.97 Å². The van der Waals surface area contributed by atoms with Gasteiger partial charge in [0.05, 0.1) is 12.2 Å². The topological polar surface area (TPSA) is 98.0 Å². The Kier molecular flexibility index (Phi) is 2.18. The third-order valence-corrected chi connectivity index (χ3v) is 1.85. The van der Waals surface area contributed by atoms with Crippen molar-refractivity contribution in [3.63, 3.8) is 0 Å². The summed E-state index contributed by atoms with van der Waals surface area (Å²) in [5.74, 6) is -1.43. The van der Waals surface area contributed by atoms with Gasteiger partial charge in [-0.15, -0.1) is 0 Å². The number of hydrogen-bond acceptors (Lipinski definition) is 4. The fourth-order valence-electron chi connectivity index (χ4n) is 1.05. The van der Waals surface area contributed by atoms with Gasteiger partial charge < -0.3 is 20.4 Å². The Morgan fingerprint density at radius 3 is 2.50 bits per heavy atom. The molecule has 3 atom stereocenters. The van der Waals surface area contributed by atoms with E-state index in [4.69, 9.17) is 15.3 Å². The number of aliphatic hydroxyl groups is 3. The first-order valence-corrected chi connectivity index (χ1v) is 3.47. The number of hydrogen-bond donors (Lipinski definition) is 4. The molecule has 1 aliphatic rings. The zero-order chi connectivity index (χ0) is 9.35. The van der Waals surface area contributed by atoms with Crippen molar-refractivity contribution >= 4 is 5.97 Å². The lowest BCUT2D eigenvalue weighted by Crippen LogP contribution is -2.46. The lowest BCUT2D eigenvalue weighted by molar-refractivity contribution is -0.158. The molecular formula is C7H10O5. The Balaban J connectivity index is 2.85. The highest BCUT2D eigenvalue weighted by Gasteiger charge is 2.40. The summed E-state index contributed by atoms with van der Waals surface area (Å²) in [5, 5.41) is 35.8. The van der Waals surface area contributed by atoms with Gasteiger partial charge in [-0.25, -0.2) is 4.79 Å². The van der Waals surface area contributed by atoms with Crippen molar-refractivity contribution in [2.75, 3.05) is 0 Å². The molecule has 1 aliphatic carbocycles. The molecule has 0 saturated carbocycles. The molecule has 0 radical (unpaired) electrons. The van der Waals surface area contributed by atoms with E-state index in [1.54, 1.807) is 0 Å². The first-order chi connectivity index (χ1) is 5.46. The maximum atomic E-state index is 10.4. The molecule has 0 heterocycles. The van der Waals surface area contributed by atoms with Crippen molar-refractivity contribution < 1.29 is 25.2 Å². The monoisotopic (exact) mass is 174 g/mol. The summed E-state index contributed by atoms with van der Waals surface area (Å²) < 4.78 is 0. The van der Waals surface area contributed by atoms with Crippen LogP contribution in [0.5, 0.6) is 0 Å². The van der Waals surface area contributed by atoms with Crippen LogP contribution in [0.2, 0.25) is 0 Å². The lowest BCUT2D eigenvalue weighted by Gasteiger charge is -2.28. The molecule has 0 saturated heterocycles. The van der Waals surface area contributed by atoms with Gasteiger partial charge in [-0.3, -0.25) is 0 Å². The van der Waals surface area contributed by atoms with Crippen LogP contribution in [0.1, 0.15) is 6.42 Å². The molecule has 0 fully saturated rings. The van der Waals surface area contributed by atoms with E-state index in [-0.39, 0.29) is 6.42 Å². The number of aliphatic hydroxyl groups excluding tert-OH is 2. The maximum Gasteiger partial charge on any atom is 0.339 e.